The maximum atomic E-state index is 11.7. The number of carbonyl (C=O) groups is 2. The molecule has 2 rings (SSSR count). The van der Waals surface area contributed by atoms with Crippen LogP contribution < -0.4 is 15.8 Å². The van der Waals surface area contributed by atoms with E-state index in [0.717, 1.165) is 5.56 Å². The monoisotopic (exact) mass is 284 g/mol. The van der Waals surface area contributed by atoms with Crippen molar-refractivity contribution >= 4 is 11.8 Å². The molecule has 0 radical (unpaired) electrons. The molecule has 0 bridgehead atoms. The molecule has 5 nitrogen and oxygen atoms in total. The van der Waals surface area contributed by atoms with Gasteiger partial charge in [0.05, 0.1) is 0 Å². The number of ether oxygens (including phenoxy) is 1. The van der Waals surface area contributed by atoms with E-state index in [2.05, 4.69) is 5.32 Å². The zero-order valence-corrected chi connectivity index (χ0v) is 11.4. The largest absolute Gasteiger partial charge is 0.484 e. The van der Waals surface area contributed by atoms with Gasteiger partial charge in [0.25, 0.3) is 5.91 Å². The second-order valence-electron chi connectivity index (χ2n) is 4.44. The van der Waals surface area contributed by atoms with Crippen molar-refractivity contribution in [3.63, 3.8) is 0 Å². The molecule has 2 aromatic rings. The molecule has 0 saturated carbocycles. The van der Waals surface area contributed by atoms with E-state index in [-0.39, 0.29) is 12.5 Å². The fourth-order valence-corrected chi connectivity index (χ4v) is 1.70. The second kappa shape index (κ2) is 7.09. The Balaban J connectivity index is 1.77. The van der Waals surface area contributed by atoms with E-state index >= 15 is 0 Å². The maximum absolute atomic E-state index is 11.7. The number of hydrogen-bond donors (Lipinski definition) is 2. The zero-order valence-electron chi connectivity index (χ0n) is 11.4. The van der Waals surface area contributed by atoms with E-state index in [1.807, 2.05) is 18.2 Å². The van der Waals surface area contributed by atoms with Crippen molar-refractivity contribution in [1.82, 2.24) is 5.32 Å². The molecular formula is C16H16N2O3. The lowest BCUT2D eigenvalue weighted by atomic mass is 10.1. The molecule has 3 N–H and O–H groups in total. The van der Waals surface area contributed by atoms with Crippen LogP contribution in [0.3, 0.4) is 0 Å². The van der Waals surface area contributed by atoms with Gasteiger partial charge in [0, 0.05) is 12.1 Å². The van der Waals surface area contributed by atoms with Gasteiger partial charge in [-0.15, -0.1) is 0 Å². The first-order valence-corrected chi connectivity index (χ1v) is 6.48. The third kappa shape index (κ3) is 4.65. The highest BCUT2D eigenvalue weighted by molar-refractivity contribution is 5.92. The molecule has 0 aliphatic heterocycles. The summed E-state index contributed by atoms with van der Waals surface area (Å²) in [4.78, 5) is 22.6. The SMILES string of the molecule is NC(=O)c1ccc(CNC(=O)COc2ccccc2)cc1. The summed E-state index contributed by atoms with van der Waals surface area (Å²) in [5, 5.41) is 2.74. The minimum atomic E-state index is -0.471. The van der Waals surface area contributed by atoms with Crippen LogP contribution in [0.25, 0.3) is 0 Å². The number of nitrogens with one attached hydrogen (secondary N) is 1. The van der Waals surface area contributed by atoms with E-state index in [1.165, 1.54) is 0 Å². The lowest BCUT2D eigenvalue weighted by Crippen LogP contribution is -2.28. The fraction of sp³-hybridized carbons (Fsp3) is 0.125. The van der Waals surface area contributed by atoms with Gasteiger partial charge in [-0.2, -0.15) is 0 Å². The standard InChI is InChI=1S/C16H16N2O3/c17-16(20)13-8-6-12(7-9-13)10-18-15(19)11-21-14-4-2-1-3-5-14/h1-9H,10-11H2,(H2,17,20)(H,18,19). The Kier molecular flexibility index (Phi) is 4.93. The number of primary amides is 1. The highest BCUT2D eigenvalue weighted by atomic mass is 16.5. The number of benzene rings is 2. The van der Waals surface area contributed by atoms with Crippen LogP contribution in [0.4, 0.5) is 0 Å². The zero-order chi connectivity index (χ0) is 15.1. The fourth-order valence-electron chi connectivity index (χ4n) is 1.70. The van der Waals surface area contributed by atoms with E-state index in [1.54, 1.807) is 36.4 Å². The number of hydrogen-bond acceptors (Lipinski definition) is 3. The Bertz CT molecular complexity index is 609. The van der Waals surface area contributed by atoms with Gasteiger partial charge >= 0.3 is 0 Å². The summed E-state index contributed by atoms with van der Waals surface area (Å²) in [5.74, 6) is -0.0295. The van der Waals surface area contributed by atoms with Gasteiger partial charge in [-0.05, 0) is 29.8 Å². The topological polar surface area (TPSA) is 81.4 Å². The Morgan fingerprint density at radius 1 is 1.00 bits per heavy atom. The highest BCUT2D eigenvalue weighted by Crippen LogP contribution is 2.08. The molecular weight excluding hydrogens is 268 g/mol. The number of rotatable bonds is 6. The van der Waals surface area contributed by atoms with Crippen LogP contribution in [-0.2, 0) is 11.3 Å². The van der Waals surface area contributed by atoms with Crippen molar-refractivity contribution in [2.45, 2.75) is 6.54 Å². The average Bonchev–Trinajstić information content (AvgIpc) is 2.52. The molecule has 0 aromatic heterocycles. The van der Waals surface area contributed by atoms with Gasteiger partial charge in [-0.1, -0.05) is 30.3 Å². The molecule has 5 heteroatoms. The van der Waals surface area contributed by atoms with Crippen LogP contribution in [0.1, 0.15) is 15.9 Å². The summed E-state index contributed by atoms with van der Waals surface area (Å²) in [6, 6.07) is 15.9. The molecule has 0 fully saturated rings. The minimum Gasteiger partial charge on any atom is -0.484 e. The van der Waals surface area contributed by atoms with Crippen LogP contribution >= 0.6 is 0 Å². The first-order chi connectivity index (χ1) is 10.1. The molecule has 2 amide bonds. The van der Waals surface area contributed by atoms with Crippen molar-refractivity contribution in [2.75, 3.05) is 6.61 Å². The Morgan fingerprint density at radius 3 is 2.29 bits per heavy atom. The molecule has 0 aliphatic carbocycles. The lowest BCUT2D eigenvalue weighted by Gasteiger charge is -2.07. The average molecular weight is 284 g/mol. The highest BCUT2D eigenvalue weighted by Gasteiger charge is 2.04. The predicted octanol–water partition coefficient (Wildman–Crippen LogP) is 1.48. The summed E-state index contributed by atoms with van der Waals surface area (Å²) in [6.45, 7) is 0.333. The van der Waals surface area contributed by atoms with Gasteiger partial charge < -0.3 is 15.8 Å². The molecule has 0 saturated heterocycles. The third-order valence-electron chi connectivity index (χ3n) is 2.84. The summed E-state index contributed by atoms with van der Waals surface area (Å²) >= 11 is 0. The first-order valence-electron chi connectivity index (χ1n) is 6.48. The number of carbonyl (C=O) groups excluding carboxylic acids is 2. The van der Waals surface area contributed by atoms with Crippen molar-refractivity contribution in [3.8, 4) is 5.75 Å². The van der Waals surface area contributed by atoms with Gasteiger partial charge in [0.15, 0.2) is 6.61 Å². The van der Waals surface area contributed by atoms with Crippen LogP contribution in [0, 0.1) is 0 Å². The van der Waals surface area contributed by atoms with Crippen LogP contribution in [0.5, 0.6) is 5.75 Å². The molecule has 0 heterocycles. The molecule has 0 unspecified atom stereocenters. The lowest BCUT2D eigenvalue weighted by molar-refractivity contribution is -0.123. The van der Waals surface area contributed by atoms with E-state index in [4.69, 9.17) is 10.5 Å². The smallest absolute Gasteiger partial charge is 0.258 e. The van der Waals surface area contributed by atoms with E-state index in [9.17, 15) is 9.59 Å². The molecule has 108 valence electrons. The Hall–Kier alpha value is -2.82. The van der Waals surface area contributed by atoms with Crippen molar-refractivity contribution in [1.29, 1.82) is 0 Å². The summed E-state index contributed by atoms with van der Waals surface area (Å²) in [5.41, 5.74) is 6.48. The maximum Gasteiger partial charge on any atom is 0.258 e. The quantitative estimate of drug-likeness (QED) is 0.843. The van der Waals surface area contributed by atoms with Crippen molar-refractivity contribution in [2.24, 2.45) is 5.73 Å². The second-order valence-corrected chi connectivity index (χ2v) is 4.44. The number of amides is 2. The molecule has 0 atom stereocenters. The minimum absolute atomic E-state index is 0.0383. The van der Waals surface area contributed by atoms with Gasteiger partial charge in [0.2, 0.25) is 5.91 Å². The van der Waals surface area contributed by atoms with Gasteiger partial charge in [0.1, 0.15) is 5.75 Å². The van der Waals surface area contributed by atoms with Crippen LogP contribution in [0.15, 0.2) is 54.6 Å². The van der Waals surface area contributed by atoms with E-state index in [0.29, 0.717) is 17.9 Å². The predicted molar refractivity (Wildman–Crippen MR) is 78.7 cm³/mol. The van der Waals surface area contributed by atoms with Crippen molar-refractivity contribution < 1.29 is 14.3 Å². The third-order valence-corrected chi connectivity index (χ3v) is 2.84. The van der Waals surface area contributed by atoms with Crippen LogP contribution in [-0.4, -0.2) is 18.4 Å². The normalized spacial score (nSPS) is 9.90. The number of para-hydroxylation sites is 1. The Labute approximate surface area is 122 Å². The first kappa shape index (κ1) is 14.6. The number of nitrogens with two attached hydrogens (primary N) is 1. The molecule has 0 aliphatic rings. The van der Waals surface area contributed by atoms with Gasteiger partial charge in [-0.3, -0.25) is 9.59 Å². The van der Waals surface area contributed by atoms with Gasteiger partial charge in [-0.25, -0.2) is 0 Å². The molecule has 21 heavy (non-hydrogen) atoms. The molecule has 0 spiro atoms. The van der Waals surface area contributed by atoms with Crippen LogP contribution in [0.2, 0.25) is 0 Å². The van der Waals surface area contributed by atoms with Crippen molar-refractivity contribution in [3.05, 3.63) is 65.7 Å². The Morgan fingerprint density at radius 2 is 1.67 bits per heavy atom. The molecule has 2 aromatic carbocycles. The summed E-state index contributed by atoms with van der Waals surface area (Å²) in [7, 11) is 0. The van der Waals surface area contributed by atoms with E-state index < -0.39 is 5.91 Å². The summed E-state index contributed by atoms with van der Waals surface area (Å²) < 4.78 is 5.33. The summed E-state index contributed by atoms with van der Waals surface area (Å²) in [6.07, 6.45) is 0.